The van der Waals surface area contributed by atoms with Gasteiger partial charge < -0.3 is 19.2 Å². The summed E-state index contributed by atoms with van der Waals surface area (Å²) < 4.78 is 28.6. The lowest BCUT2D eigenvalue weighted by atomic mass is 10.1. The predicted molar refractivity (Wildman–Crippen MR) is 103 cm³/mol. The maximum absolute atomic E-state index is 13.0. The fourth-order valence-electron chi connectivity index (χ4n) is 2.80. The van der Waals surface area contributed by atoms with E-state index >= 15 is 0 Å². The van der Waals surface area contributed by atoms with Gasteiger partial charge in [-0.1, -0.05) is 0 Å². The topological polar surface area (TPSA) is 94.7 Å². The van der Waals surface area contributed by atoms with E-state index in [1.165, 1.54) is 52.1 Å². The van der Waals surface area contributed by atoms with Gasteiger partial charge in [0.25, 0.3) is 0 Å². The summed E-state index contributed by atoms with van der Waals surface area (Å²) in [7, 11) is 1.25. The fourth-order valence-corrected chi connectivity index (χ4v) is 2.80. The first kappa shape index (κ1) is 22.1. The number of aromatic nitrogens is 1. The predicted octanol–water partition coefficient (Wildman–Crippen LogP) is 3.53. The zero-order valence-electron chi connectivity index (χ0n) is 17.2. The standard InChI is InChI=1S/C21H24FNO6/c1-11-16(19(25)27-6)12(2)23-17(11)18(24)13(3)28-20(26)21(4,5)29-15-9-7-14(22)8-10-15/h7-10,13,23H,1-6H3/t13-/m1/s1. The summed E-state index contributed by atoms with van der Waals surface area (Å²) in [5.41, 5.74) is -0.0698. The number of ketones is 1. The number of Topliss-reactive ketones (excluding diaryl/α,β-unsaturated/α-hetero) is 1. The molecule has 1 atom stereocenters. The van der Waals surface area contributed by atoms with Crippen molar-refractivity contribution in [3.05, 3.63) is 52.6 Å². The number of nitrogens with one attached hydrogen (secondary N) is 1. The second kappa shape index (κ2) is 8.46. The molecule has 7 nitrogen and oxygen atoms in total. The van der Waals surface area contributed by atoms with Crippen LogP contribution in [0.4, 0.5) is 4.39 Å². The van der Waals surface area contributed by atoms with E-state index in [2.05, 4.69) is 4.98 Å². The molecule has 2 rings (SSSR count). The Kier molecular flexibility index (Phi) is 6.46. The van der Waals surface area contributed by atoms with E-state index in [0.29, 0.717) is 11.3 Å². The summed E-state index contributed by atoms with van der Waals surface area (Å²) in [4.78, 5) is 40.0. The normalized spacial score (nSPS) is 12.2. The van der Waals surface area contributed by atoms with Crippen LogP contribution in [0.1, 0.15) is 52.9 Å². The number of rotatable bonds is 7. The van der Waals surface area contributed by atoms with Crippen LogP contribution in [0.15, 0.2) is 24.3 Å². The van der Waals surface area contributed by atoms with Gasteiger partial charge in [-0.25, -0.2) is 14.0 Å². The zero-order valence-corrected chi connectivity index (χ0v) is 17.2. The quantitative estimate of drug-likeness (QED) is 0.559. The summed E-state index contributed by atoms with van der Waals surface area (Å²) in [5, 5.41) is 0. The molecule has 0 aliphatic rings. The highest BCUT2D eigenvalue weighted by atomic mass is 19.1. The smallest absolute Gasteiger partial charge is 0.350 e. The van der Waals surface area contributed by atoms with Crippen LogP contribution in [0.5, 0.6) is 5.75 Å². The van der Waals surface area contributed by atoms with Gasteiger partial charge in [-0.05, 0) is 64.4 Å². The molecule has 0 aliphatic heterocycles. The number of hydrogen-bond acceptors (Lipinski definition) is 6. The van der Waals surface area contributed by atoms with Crippen molar-refractivity contribution in [2.45, 2.75) is 46.3 Å². The molecule has 1 aromatic heterocycles. The van der Waals surface area contributed by atoms with Gasteiger partial charge in [-0.2, -0.15) is 0 Å². The summed E-state index contributed by atoms with van der Waals surface area (Å²) >= 11 is 0. The minimum Gasteiger partial charge on any atom is -0.476 e. The van der Waals surface area contributed by atoms with Gasteiger partial charge in [0.2, 0.25) is 5.78 Å². The summed E-state index contributed by atoms with van der Waals surface area (Å²) in [6.45, 7) is 7.65. The molecule has 156 valence electrons. The first-order valence-electron chi connectivity index (χ1n) is 8.95. The molecule has 1 aromatic carbocycles. The lowest BCUT2D eigenvalue weighted by molar-refractivity contribution is -0.162. The van der Waals surface area contributed by atoms with Crippen molar-refractivity contribution in [1.29, 1.82) is 0 Å². The first-order chi connectivity index (χ1) is 13.5. The number of benzene rings is 1. The fraction of sp³-hybridized carbons (Fsp3) is 0.381. The van der Waals surface area contributed by atoms with Crippen LogP contribution in [-0.4, -0.2) is 41.5 Å². The molecule has 0 fully saturated rings. The number of ether oxygens (including phenoxy) is 3. The molecule has 0 amide bonds. The monoisotopic (exact) mass is 405 g/mol. The minimum absolute atomic E-state index is 0.167. The van der Waals surface area contributed by atoms with Crippen LogP contribution in [-0.2, 0) is 14.3 Å². The number of aromatic amines is 1. The molecule has 0 aliphatic carbocycles. The molecular weight excluding hydrogens is 381 g/mol. The van der Waals surface area contributed by atoms with E-state index in [0.717, 1.165) is 0 Å². The van der Waals surface area contributed by atoms with E-state index in [1.807, 2.05) is 0 Å². The van der Waals surface area contributed by atoms with Crippen LogP contribution >= 0.6 is 0 Å². The molecule has 0 radical (unpaired) electrons. The Bertz CT molecular complexity index is 929. The molecule has 8 heteroatoms. The Morgan fingerprint density at radius 3 is 2.24 bits per heavy atom. The van der Waals surface area contributed by atoms with Crippen molar-refractivity contribution in [2.75, 3.05) is 7.11 Å². The lowest BCUT2D eigenvalue weighted by Gasteiger charge is -2.26. The maximum Gasteiger partial charge on any atom is 0.350 e. The molecule has 1 N–H and O–H groups in total. The van der Waals surface area contributed by atoms with E-state index in [9.17, 15) is 18.8 Å². The van der Waals surface area contributed by atoms with Crippen molar-refractivity contribution >= 4 is 17.7 Å². The highest BCUT2D eigenvalue weighted by Crippen LogP contribution is 2.23. The van der Waals surface area contributed by atoms with Crippen LogP contribution in [0.3, 0.4) is 0 Å². The maximum atomic E-state index is 13.0. The van der Waals surface area contributed by atoms with Gasteiger partial charge in [0, 0.05) is 5.69 Å². The number of methoxy groups -OCH3 is 1. The largest absolute Gasteiger partial charge is 0.476 e. The van der Waals surface area contributed by atoms with Gasteiger partial charge in [-0.15, -0.1) is 0 Å². The van der Waals surface area contributed by atoms with Crippen molar-refractivity contribution < 1.29 is 33.0 Å². The van der Waals surface area contributed by atoms with Crippen molar-refractivity contribution in [3.8, 4) is 5.75 Å². The van der Waals surface area contributed by atoms with Crippen molar-refractivity contribution in [3.63, 3.8) is 0 Å². The number of hydrogen-bond donors (Lipinski definition) is 1. The number of carbonyl (C=O) groups excluding carboxylic acids is 3. The second-order valence-corrected chi connectivity index (χ2v) is 7.09. The molecule has 0 bridgehead atoms. The molecule has 0 saturated carbocycles. The van der Waals surface area contributed by atoms with Gasteiger partial charge in [0.15, 0.2) is 11.7 Å². The molecule has 2 aromatic rings. The third-order valence-corrected chi connectivity index (χ3v) is 4.40. The highest BCUT2D eigenvalue weighted by molar-refractivity contribution is 6.04. The van der Waals surface area contributed by atoms with Gasteiger partial charge in [0.05, 0.1) is 18.4 Å². The Hall–Kier alpha value is -3.16. The van der Waals surface area contributed by atoms with Crippen molar-refractivity contribution in [1.82, 2.24) is 4.98 Å². The Morgan fingerprint density at radius 1 is 1.10 bits per heavy atom. The minimum atomic E-state index is -1.41. The SMILES string of the molecule is COC(=O)c1c(C)[nH]c(C(=O)[C@@H](C)OC(=O)C(C)(C)Oc2ccc(F)cc2)c1C. The Morgan fingerprint density at radius 2 is 1.69 bits per heavy atom. The Labute approximate surface area is 168 Å². The molecule has 29 heavy (non-hydrogen) atoms. The Balaban J connectivity index is 2.13. The summed E-state index contributed by atoms with van der Waals surface area (Å²) in [6, 6.07) is 5.19. The molecule has 0 saturated heterocycles. The van der Waals surface area contributed by atoms with E-state index in [4.69, 9.17) is 14.2 Å². The van der Waals surface area contributed by atoms with Crippen LogP contribution in [0.2, 0.25) is 0 Å². The molecule has 0 unspecified atom stereocenters. The second-order valence-electron chi connectivity index (χ2n) is 7.09. The highest BCUT2D eigenvalue weighted by Gasteiger charge is 2.35. The number of aryl methyl sites for hydroxylation is 1. The average molecular weight is 405 g/mol. The van der Waals surface area contributed by atoms with Gasteiger partial charge in [0.1, 0.15) is 11.6 Å². The molecule has 0 spiro atoms. The molecular formula is C21H24FNO6. The number of H-pyrrole nitrogens is 1. The third kappa shape index (κ3) is 4.82. The average Bonchev–Trinajstić information content (AvgIpc) is 2.96. The van der Waals surface area contributed by atoms with E-state index in [-0.39, 0.29) is 17.0 Å². The van der Waals surface area contributed by atoms with Gasteiger partial charge >= 0.3 is 11.9 Å². The van der Waals surface area contributed by atoms with E-state index in [1.54, 1.807) is 13.8 Å². The van der Waals surface area contributed by atoms with Gasteiger partial charge in [-0.3, -0.25) is 4.79 Å². The lowest BCUT2D eigenvalue weighted by Crippen LogP contribution is -2.42. The number of halogens is 1. The first-order valence-corrected chi connectivity index (χ1v) is 8.95. The number of carbonyl (C=O) groups is 3. The zero-order chi connectivity index (χ0) is 21.9. The van der Waals surface area contributed by atoms with Crippen LogP contribution < -0.4 is 4.74 Å². The summed E-state index contributed by atoms with van der Waals surface area (Å²) in [6.07, 6.45) is -1.12. The van der Waals surface area contributed by atoms with E-state index < -0.39 is 35.2 Å². The van der Waals surface area contributed by atoms with Crippen LogP contribution in [0.25, 0.3) is 0 Å². The third-order valence-electron chi connectivity index (χ3n) is 4.40. The van der Waals surface area contributed by atoms with Crippen molar-refractivity contribution in [2.24, 2.45) is 0 Å². The number of esters is 2. The summed E-state index contributed by atoms with van der Waals surface area (Å²) in [5.74, 6) is -1.97. The van der Waals surface area contributed by atoms with Crippen LogP contribution in [0, 0.1) is 19.7 Å². The molecule has 1 heterocycles.